The van der Waals surface area contributed by atoms with Crippen LogP contribution in [0.4, 0.5) is 5.69 Å². The molecule has 1 aromatic carbocycles. The highest BCUT2D eigenvalue weighted by Gasteiger charge is 2.62. The molecular formula is C19H31N3O2. The standard InChI is InChI=1S/C19H31N3O2/c1-5-24-16-14-19(20,18(16,2)3)17(23)21-12-9-13-22(4)15-10-7-6-8-11-15/h6-8,10-11,16H,5,9,12-14,20H2,1-4H3,(H,21,23). The summed E-state index contributed by atoms with van der Waals surface area (Å²) in [5, 5.41) is 3.00. The van der Waals surface area contributed by atoms with E-state index in [0.717, 1.165) is 13.0 Å². The Bertz CT molecular complexity index is 547. The van der Waals surface area contributed by atoms with Crippen molar-refractivity contribution in [3.63, 3.8) is 0 Å². The van der Waals surface area contributed by atoms with E-state index in [1.165, 1.54) is 5.69 Å². The molecule has 0 spiro atoms. The summed E-state index contributed by atoms with van der Waals surface area (Å²) in [5.41, 5.74) is 6.38. The fourth-order valence-electron chi connectivity index (χ4n) is 3.31. The highest BCUT2D eigenvalue weighted by molar-refractivity contribution is 5.88. The van der Waals surface area contributed by atoms with E-state index in [9.17, 15) is 4.79 Å². The van der Waals surface area contributed by atoms with Crippen LogP contribution in [0.2, 0.25) is 0 Å². The van der Waals surface area contributed by atoms with E-state index < -0.39 is 5.54 Å². The number of amides is 1. The molecule has 0 aromatic heterocycles. The first-order valence-electron chi connectivity index (χ1n) is 8.78. The van der Waals surface area contributed by atoms with E-state index in [0.29, 0.717) is 19.6 Å². The molecule has 0 bridgehead atoms. The van der Waals surface area contributed by atoms with Gasteiger partial charge in [0.05, 0.1) is 6.10 Å². The van der Waals surface area contributed by atoms with Gasteiger partial charge in [-0.15, -0.1) is 0 Å². The number of hydrogen-bond acceptors (Lipinski definition) is 4. The quantitative estimate of drug-likeness (QED) is 0.716. The predicted octanol–water partition coefficient (Wildman–Crippen LogP) is 2.16. The number of carbonyl (C=O) groups excluding carboxylic acids is 1. The van der Waals surface area contributed by atoms with Crippen molar-refractivity contribution in [3.05, 3.63) is 30.3 Å². The van der Waals surface area contributed by atoms with Gasteiger partial charge in [0.1, 0.15) is 5.54 Å². The molecule has 2 unspecified atom stereocenters. The van der Waals surface area contributed by atoms with Gasteiger partial charge in [0, 0.05) is 44.3 Å². The Morgan fingerprint density at radius 3 is 2.62 bits per heavy atom. The van der Waals surface area contributed by atoms with Crippen LogP contribution in [0.25, 0.3) is 0 Å². The smallest absolute Gasteiger partial charge is 0.240 e. The van der Waals surface area contributed by atoms with Crippen LogP contribution >= 0.6 is 0 Å². The summed E-state index contributed by atoms with van der Waals surface area (Å²) in [6.07, 6.45) is 1.52. The number of nitrogens with zero attached hydrogens (tertiary/aromatic N) is 1. The van der Waals surface area contributed by atoms with Gasteiger partial charge in [-0.05, 0) is 25.5 Å². The molecular weight excluding hydrogens is 302 g/mol. The van der Waals surface area contributed by atoms with Gasteiger partial charge in [-0.1, -0.05) is 32.0 Å². The van der Waals surface area contributed by atoms with E-state index in [1.807, 2.05) is 39.0 Å². The first-order valence-corrected chi connectivity index (χ1v) is 8.78. The molecule has 1 saturated carbocycles. The summed E-state index contributed by atoms with van der Waals surface area (Å²) in [6, 6.07) is 10.2. The van der Waals surface area contributed by atoms with Crippen molar-refractivity contribution < 1.29 is 9.53 Å². The average molecular weight is 333 g/mol. The van der Waals surface area contributed by atoms with Gasteiger partial charge in [-0.3, -0.25) is 4.79 Å². The van der Waals surface area contributed by atoms with Gasteiger partial charge >= 0.3 is 0 Å². The fraction of sp³-hybridized carbons (Fsp3) is 0.632. The second kappa shape index (κ2) is 7.53. The molecule has 5 nitrogen and oxygen atoms in total. The van der Waals surface area contributed by atoms with Crippen LogP contribution in [0.3, 0.4) is 0 Å². The van der Waals surface area contributed by atoms with E-state index in [2.05, 4.69) is 29.4 Å². The molecule has 1 aromatic rings. The molecule has 0 heterocycles. The van der Waals surface area contributed by atoms with Gasteiger partial charge < -0.3 is 20.7 Å². The topological polar surface area (TPSA) is 67.6 Å². The van der Waals surface area contributed by atoms with Crippen LogP contribution < -0.4 is 16.0 Å². The maximum atomic E-state index is 12.5. The first-order chi connectivity index (χ1) is 11.3. The van der Waals surface area contributed by atoms with Crippen molar-refractivity contribution in [2.75, 3.05) is 31.6 Å². The molecule has 1 aliphatic rings. The van der Waals surface area contributed by atoms with Gasteiger partial charge in [0.25, 0.3) is 0 Å². The van der Waals surface area contributed by atoms with Crippen molar-refractivity contribution in [2.24, 2.45) is 11.1 Å². The number of hydrogen-bond donors (Lipinski definition) is 2. The lowest BCUT2D eigenvalue weighted by molar-refractivity contribution is -0.170. The molecule has 2 rings (SSSR count). The second-order valence-electron chi connectivity index (χ2n) is 7.21. The Balaban J connectivity index is 1.76. The Hall–Kier alpha value is -1.59. The van der Waals surface area contributed by atoms with E-state index in [1.54, 1.807) is 0 Å². The van der Waals surface area contributed by atoms with Crippen molar-refractivity contribution in [1.82, 2.24) is 5.32 Å². The maximum Gasteiger partial charge on any atom is 0.240 e. The maximum absolute atomic E-state index is 12.5. The molecule has 0 radical (unpaired) electrons. The third-order valence-electron chi connectivity index (χ3n) is 5.39. The Kier molecular flexibility index (Phi) is 5.88. The Morgan fingerprint density at radius 1 is 1.38 bits per heavy atom. The lowest BCUT2D eigenvalue weighted by atomic mass is 9.54. The van der Waals surface area contributed by atoms with Gasteiger partial charge in [-0.2, -0.15) is 0 Å². The van der Waals surface area contributed by atoms with E-state index >= 15 is 0 Å². The lowest BCUT2D eigenvalue weighted by Crippen LogP contribution is -2.75. The highest BCUT2D eigenvalue weighted by atomic mass is 16.5. The minimum Gasteiger partial charge on any atom is -0.378 e. The van der Waals surface area contributed by atoms with Gasteiger partial charge in [-0.25, -0.2) is 0 Å². The number of rotatable bonds is 8. The van der Waals surface area contributed by atoms with Crippen molar-refractivity contribution in [1.29, 1.82) is 0 Å². The molecule has 1 aliphatic carbocycles. The van der Waals surface area contributed by atoms with Crippen LogP contribution in [0.1, 0.15) is 33.6 Å². The normalized spacial score (nSPS) is 25.0. The van der Waals surface area contributed by atoms with Crippen molar-refractivity contribution >= 4 is 11.6 Å². The first kappa shape index (κ1) is 18.7. The zero-order chi connectivity index (χ0) is 17.8. The molecule has 2 atom stereocenters. The molecule has 3 N–H and O–H groups in total. The number of para-hydroxylation sites is 1. The monoisotopic (exact) mass is 333 g/mol. The van der Waals surface area contributed by atoms with Crippen molar-refractivity contribution in [3.8, 4) is 0 Å². The molecule has 24 heavy (non-hydrogen) atoms. The summed E-state index contributed by atoms with van der Waals surface area (Å²) in [5.74, 6) is -0.0641. The van der Waals surface area contributed by atoms with Crippen molar-refractivity contribution in [2.45, 2.75) is 45.3 Å². The molecule has 134 valence electrons. The SMILES string of the molecule is CCOC1CC(N)(C(=O)NCCCN(C)c2ccccc2)C1(C)C. The Labute approximate surface area is 145 Å². The molecule has 1 fully saturated rings. The molecule has 5 heteroatoms. The van der Waals surface area contributed by atoms with Crippen LogP contribution in [0.15, 0.2) is 30.3 Å². The third-order valence-corrected chi connectivity index (χ3v) is 5.39. The summed E-state index contributed by atoms with van der Waals surface area (Å²) in [6.45, 7) is 8.16. The summed E-state index contributed by atoms with van der Waals surface area (Å²) in [7, 11) is 2.06. The number of ether oxygens (including phenoxy) is 1. The largest absolute Gasteiger partial charge is 0.378 e. The zero-order valence-electron chi connectivity index (χ0n) is 15.3. The summed E-state index contributed by atoms with van der Waals surface area (Å²) >= 11 is 0. The summed E-state index contributed by atoms with van der Waals surface area (Å²) < 4.78 is 5.68. The number of anilines is 1. The third kappa shape index (κ3) is 3.57. The second-order valence-corrected chi connectivity index (χ2v) is 7.21. The average Bonchev–Trinajstić information content (AvgIpc) is 2.58. The van der Waals surface area contributed by atoms with Crippen LogP contribution in [-0.4, -0.2) is 44.3 Å². The number of carbonyl (C=O) groups is 1. The van der Waals surface area contributed by atoms with E-state index in [4.69, 9.17) is 10.5 Å². The highest BCUT2D eigenvalue weighted by Crippen LogP contribution is 2.49. The fourth-order valence-corrected chi connectivity index (χ4v) is 3.31. The lowest BCUT2D eigenvalue weighted by Gasteiger charge is -2.57. The number of nitrogens with two attached hydrogens (primary N) is 1. The molecule has 0 saturated heterocycles. The van der Waals surface area contributed by atoms with Crippen LogP contribution in [-0.2, 0) is 9.53 Å². The minimum absolute atomic E-state index is 0.0578. The van der Waals surface area contributed by atoms with E-state index in [-0.39, 0.29) is 17.4 Å². The predicted molar refractivity (Wildman–Crippen MR) is 98.1 cm³/mol. The Morgan fingerprint density at radius 2 is 2.04 bits per heavy atom. The number of benzene rings is 1. The minimum atomic E-state index is -0.835. The zero-order valence-corrected chi connectivity index (χ0v) is 15.3. The van der Waals surface area contributed by atoms with Gasteiger partial charge in [0.15, 0.2) is 0 Å². The molecule has 0 aliphatic heterocycles. The number of nitrogens with one attached hydrogen (secondary N) is 1. The van der Waals surface area contributed by atoms with Crippen LogP contribution in [0, 0.1) is 5.41 Å². The summed E-state index contributed by atoms with van der Waals surface area (Å²) in [4.78, 5) is 14.7. The van der Waals surface area contributed by atoms with Gasteiger partial charge in [0.2, 0.25) is 5.91 Å². The van der Waals surface area contributed by atoms with Crippen LogP contribution in [0.5, 0.6) is 0 Å². The molecule has 1 amide bonds.